The van der Waals surface area contributed by atoms with Gasteiger partial charge in [0.25, 0.3) is 18.1 Å². The molecule has 0 spiro atoms. The fourth-order valence-corrected chi connectivity index (χ4v) is 3.78. The highest BCUT2D eigenvalue weighted by atomic mass is 35.7. The SMILES string of the molecule is CNc1cc(Cl)c(S(=O)(=O)Cl)cc1S(=O)(=O)Cl. The van der Waals surface area contributed by atoms with E-state index in [0.717, 1.165) is 12.1 Å². The van der Waals surface area contributed by atoms with Gasteiger partial charge in [0.1, 0.15) is 9.79 Å². The third-order valence-corrected chi connectivity index (χ3v) is 4.98. The second kappa shape index (κ2) is 4.81. The lowest BCUT2D eigenvalue weighted by Crippen LogP contribution is -2.02. The molecule has 0 fully saturated rings. The summed E-state index contributed by atoms with van der Waals surface area (Å²) in [5.41, 5.74) is 0.0778. The minimum absolute atomic E-state index is 0.0778. The molecule has 0 radical (unpaired) electrons. The molecule has 0 unspecified atom stereocenters. The maximum Gasteiger partial charge on any atom is 0.263 e. The molecule has 5 nitrogen and oxygen atoms in total. The largest absolute Gasteiger partial charge is 0.387 e. The number of anilines is 1. The Morgan fingerprint density at radius 2 is 1.47 bits per heavy atom. The molecule has 1 rings (SSSR count). The van der Waals surface area contributed by atoms with E-state index in [1.165, 1.54) is 7.05 Å². The fraction of sp³-hybridized carbons (Fsp3) is 0.143. The zero-order chi connectivity index (χ0) is 13.4. The lowest BCUT2D eigenvalue weighted by Gasteiger charge is -2.09. The third-order valence-electron chi connectivity index (χ3n) is 1.83. The van der Waals surface area contributed by atoms with Crippen LogP contribution >= 0.6 is 33.0 Å². The van der Waals surface area contributed by atoms with E-state index >= 15 is 0 Å². The maximum atomic E-state index is 11.2. The summed E-state index contributed by atoms with van der Waals surface area (Å²) in [5.74, 6) is 0. The van der Waals surface area contributed by atoms with Gasteiger partial charge >= 0.3 is 0 Å². The molecule has 1 aromatic rings. The van der Waals surface area contributed by atoms with E-state index in [1.54, 1.807) is 0 Å². The molecule has 0 saturated heterocycles. The van der Waals surface area contributed by atoms with E-state index in [-0.39, 0.29) is 10.7 Å². The summed E-state index contributed by atoms with van der Waals surface area (Å²) in [6.45, 7) is 0. The lowest BCUT2D eigenvalue weighted by molar-refractivity contribution is 0.608. The topological polar surface area (TPSA) is 80.3 Å². The van der Waals surface area contributed by atoms with Gasteiger partial charge in [-0.25, -0.2) is 16.8 Å². The average Bonchev–Trinajstić information content (AvgIpc) is 2.13. The van der Waals surface area contributed by atoms with Gasteiger partial charge in [0.15, 0.2) is 0 Å². The van der Waals surface area contributed by atoms with Gasteiger partial charge < -0.3 is 5.32 Å². The molecule has 17 heavy (non-hydrogen) atoms. The van der Waals surface area contributed by atoms with Gasteiger partial charge in [0, 0.05) is 28.4 Å². The van der Waals surface area contributed by atoms with Crippen LogP contribution in [-0.2, 0) is 18.1 Å². The smallest absolute Gasteiger partial charge is 0.263 e. The molecule has 0 aromatic heterocycles. The molecule has 0 bridgehead atoms. The highest BCUT2D eigenvalue weighted by molar-refractivity contribution is 8.14. The maximum absolute atomic E-state index is 11.2. The lowest BCUT2D eigenvalue weighted by atomic mass is 10.3. The van der Waals surface area contributed by atoms with Crippen LogP contribution in [0.2, 0.25) is 5.02 Å². The fourth-order valence-electron chi connectivity index (χ4n) is 1.12. The van der Waals surface area contributed by atoms with Gasteiger partial charge in [-0.15, -0.1) is 0 Å². The van der Waals surface area contributed by atoms with E-state index < -0.39 is 27.9 Å². The van der Waals surface area contributed by atoms with E-state index in [9.17, 15) is 16.8 Å². The first kappa shape index (κ1) is 14.8. The van der Waals surface area contributed by atoms with Crippen LogP contribution in [0.5, 0.6) is 0 Å². The van der Waals surface area contributed by atoms with E-state index in [4.69, 9.17) is 33.0 Å². The summed E-state index contributed by atoms with van der Waals surface area (Å²) < 4.78 is 44.8. The quantitative estimate of drug-likeness (QED) is 0.855. The standard InChI is InChI=1S/C7H6Cl3NO4S2/c1-11-5-2-4(8)6(16(9,12)13)3-7(5)17(10,14)15/h2-3,11H,1H3. The van der Waals surface area contributed by atoms with Crippen molar-refractivity contribution in [2.75, 3.05) is 12.4 Å². The van der Waals surface area contributed by atoms with Crippen LogP contribution in [-0.4, -0.2) is 23.9 Å². The van der Waals surface area contributed by atoms with Crippen molar-refractivity contribution in [3.05, 3.63) is 17.2 Å². The molecular formula is C7H6Cl3NO4S2. The zero-order valence-corrected chi connectivity index (χ0v) is 12.1. The zero-order valence-electron chi connectivity index (χ0n) is 8.24. The first-order valence-electron chi connectivity index (χ1n) is 3.98. The summed E-state index contributed by atoms with van der Waals surface area (Å²) in [6, 6.07) is 1.92. The van der Waals surface area contributed by atoms with Crippen molar-refractivity contribution in [3.8, 4) is 0 Å². The number of rotatable bonds is 3. The monoisotopic (exact) mass is 337 g/mol. The Balaban J connectivity index is 3.73. The molecule has 1 aromatic carbocycles. The van der Waals surface area contributed by atoms with Gasteiger partial charge in [-0.05, 0) is 12.1 Å². The molecule has 0 atom stereocenters. The summed E-state index contributed by atoms with van der Waals surface area (Å²) in [4.78, 5) is -0.927. The summed E-state index contributed by atoms with van der Waals surface area (Å²) in [7, 11) is 3.45. The minimum atomic E-state index is -4.15. The van der Waals surface area contributed by atoms with Gasteiger partial charge in [0.2, 0.25) is 0 Å². The molecule has 0 aliphatic heterocycles. The number of nitrogens with one attached hydrogen (secondary N) is 1. The highest BCUT2D eigenvalue weighted by Crippen LogP contribution is 2.34. The molecule has 0 saturated carbocycles. The molecular weight excluding hydrogens is 333 g/mol. The Bertz CT molecular complexity index is 654. The van der Waals surface area contributed by atoms with Crippen molar-refractivity contribution in [2.45, 2.75) is 9.79 Å². The number of hydrogen-bond donors (Lipinski definition) is 1. The van der Waals surface area contributed by atoms with Crippen LogP contribution in [0.3, 0.4) is 0 Å². The molecule has 10 heteroatoms. The first-order chi connectivity index (χ1) is 7.57. The summed E-state index contributed by atoms with van der Waals surface area (Å²) >= 11 is 5.67. The van der Waals surface area contributed by atoms with Crippen molar-refractivity contribution in [1.82, 2.24) is 0 Å². The van der Waals surface area contributed by atoms with Gasteiger partial charge in [-0.2, -0.15) is 0 Å². The van der Waals surface area contributed by atoms with E-state index in [2.05, 4.69) is 5.32 Å². The van der Waals surface area contributed by atoms with Crippen molar-refractivity contribution < 1.29 is 16.8 Å². The van der Waals surface area contributed by atoms with Crippen molar-refractivity contribution in [1.29, 1.82) is 0 Å². The van der Waals surface area contributed by atoms with Gasteiger partial charge in [-0.3, -0.25) is 0 Å². The Hall–Kier alpha value is -0.210. The minimum Gasteiger partial charge on any atom is -0.387 e. The third kappa shape index (κ3) is 3.38. The predicted octanol–water partition coefficient (Wildman–Crippen LogP) is 2.24. The molecule has 1 N–H and O–H groups in total. The van der Waals surface area contributed by atoms with Crippen LogP contribution in [0.1, 0.15) is 0 Å². The average molecular weight is 339 g/mol. The summed E-state index contributed by atoms with van der Waals surface area (Å²) in [6.07, 6.45) is 0. The van der Waals surface area contributed by atoms with Crippen molar-refractivity contribution >= 4 is 56.8 Å². The Labute approximate surface area is 113 Å². The number of hydrogen-bond acceptors (Lipinski definition) is 5. The molecule has 0 aliphatic carbocycles. The highest BCUT2D eigenvalue weighted by Gasteiger charge is 2.23. The van der Waals surface area contributed by atoms with Gasteiger partial charge in [0.05, 0.1) is 10.7 Å². The Morgan fingerprint density at radius 1 is 1.00 bits per heavy atom. The normalized spacial score (nSPS) is 12.5. The molecule has 0 aliphatic rings. The van der Waals surface area contributed by atoms with Crippen LogP contribution in [0.25, 0.3) is 0 Å². The van der Waals surface area contributed by atoms with E-state index in [0.29, 0.717) is 0 Å². The van der Waals surface area contributed by atoms with Crippen LogP contribution in [0.4, 0.5) is 5.69 Å². The second-order valence-corrected chi connectivity index (χ2v) is 8.38. The first-order valence-corrected chi connectivity index (χ1v) is 8.97. The van der Waals surface area contributed by atoms with Crippen molar-refractivity contribution in [3.63, 3.8) is 0 Å². The number of halogens is 3. The number of benzene rings is 1. The molecule has 96 valence electrons. The van der Waals surface area contributed by atoms with Gasteiger partial charge in [-0.1, -0.05) is 11.6 Å². The predicted molar refractivity (Wildman–Crippen MR) is 67.1 cm³/mol. The Kier molecular flexibility index (Phi) is 4.20. The van der Waals surface area contributed by atoms with Crippen LogP contribution in [0.15, 0.2) is 21.9 Å². The van der Waals surface area contributed by atoms with Crippen molar-refractivity contribution in [2.24, 2.45) is 0 Å². The molecule has 0 heterocycles. The Morgan fingerprint density at radius 3 is 1.82 bits per heavy atom. The summed E-state index contributed by atoms with van der Waals surface area (Å²) in [5, 5.41) is 2.34. The van der Waals surface area contributed by atoms with Crippen LogP contribution in [0, 0.1) is 0 Å². The van der Waals surface area contributed by atoms with E-state index in [1.807, 2.05) is 0 Å². The molecule has 0 amide bonds. The second-order valence-electron chi connectivity index (χ2n) is 2.90. The van der Waals surface area contributed by atoms with Crippen LogP contribution < -0.4 is 5.32 Å².